The van der Waals surface area contributed by atoms with Gasteiger partial charge in [-0.15, -0.1) is 0 Å². The van der Waals surface area contributed by atoms with Gasteiger partial charge in [-0.05, 0) is 11.5 Å². The molecule has 1 aliphatic rings. The highest BCUT2D eigenvalue weighted by molar-refractivity contribution is 6.05. The molecule has 1 aromatic carbocycles. The van der Waals surface area contributed by atoms with Crippen molar-refractivity contribution in [2.75, 3.05) is 13.1 Å². The maximum atomic E-state index is 12.8. The first-order chi connectivity index (χ1) is 10.8. The summed E-state index contributed by atoms with van der Waals surface area (Å²) in [6.45, 7) is -0.306. The van der Waals surface area contributed by atoms with Crippen molar-refractivity contribution in [1.29, 1.82) is 0 Å². The number of benzene rings is 1. The van der Waals surface area contributed by atoms with Crippen LogP contribution in [-0.2, 0) is 0 Å². The first kappa shape index (κ1) is 15.7. The van der Waals surface area contributed by atoms with E-state index in [9.17, 15) is 23.1 Å². The van der Waals surface area contributed by atoms with E-state index in [0.717, 1.165) is 5.39 Å². The van der Waals surface area contributed by atoms with E-state index in [1.165, 1.54) is 11.1 Å². The summed E-state index contributed by atoms with van der Waals surface area (Å²) in [6, 6.07) is 8.98. The topological polar surface area (TPSA) is 53.4 Å². The summed E-state index contributed by atoms with van der Waals surface area (Å²) < 4.78 is 38.5. The van der Waals surface area contributed by atoms with Crippen molar-refractivity contribution in [3.63, 3.8) is 0 Å². The number of pyridine rings is 1. The number of fused-ring (bicyclic) bond motifs is 1. The molecule has 4 nitrogen and oxygen atoms in total. The van der Waals surface area contributed by atoms with Crippen molar-refractivity contribution in [2.45, 2.75) is 24.6 Å². The van der Waals surface area contributed by atoms with Gasteiger partial charge in [0.2, 0.25) is 0 Å². The molecule has 3 rings (SSSR count). The highest BCUT2D eigenvalue weighted by Crippen LogP contribution is 2.38. The summed E-state index contributed by atoms with van der Waals surface area (Å²) in [7, 11) is 0. The van der Waals surface area contributed by atoms with E-state index >= 15 is 0 Å². The Hall–Kier alpha value is -2.15. The van der Waals surface area contributed by atoms with Gasteiger partial charge in [0.05, 0.1) is 0 Å². The van der Waals surface area contributed by atoms with Gasteiger partial charge in [0, 0.05) is 37.5 Å². The zero-order chi connectivity index (χ0) is 16.7. The van der Waals surface area contributed by atoms with Crippen molar-refractivity contribution < 1.29 is 23.1 Å². The maximum absolute atomic E-state index is 12.8. The maximum Gasteiger partial charge on any atom is 0.417 e. The van der Waals surface area contributed by atoms with Crippen LogP contribution in [0, 0.1) is 0 Å². The van der Waals surface area contributed by atoms with Gasteiger partial charge in [-0.25, -0.2) is 0 Å². The quantitative estimate of drug-likeness (QED) is 0.877. The number of alkyl halides is 3. The smallest absolute Gasteiger partial charge is 0.380 e. The fourth-order valence-corrected chi connectivity index (χ4v) is 2.80. The third-order valence-electron chi connectivity index (χ3n) is 4.28. The van der Waals surface area contributed by atoms with Gasteiger partial charge in [-0.1, -0.05) is 24.3 Å². The van der Waals surface area contributed by atoms with Gasteiger partial charge in [0.1, 0.15) is 5.69 Å². The number of nitrogens with zero attached hydrogens (tertiary/aromatic N) is 2. The fourth-order valence-electron chi connectivity index (χ4n) is 2.80. The predicted molar refractivity (Wildman–Crippen MR) is 77.9 cm³/mol. The number of carbonyl (C=O) groups is 1. The van der Waals surface area contributed by atoms with Crippen LogP contribution in [0.25, 0.3) is 10.8 Å². The predicted octanol–water partition coefficient (Wildman–Crippen LogP) is 2.76. The van der Waals surface area contributed by atoms with E-state index in [1.807, 2.05) is 12.1 Å². The fraction of sp³-hybridized carbons (Fsp3) is 0.375. The average Bonchev–Trinajstić information content (AvgIpc) is 2.53. The Balaban J connectivity index is 1.82. The molecule has 0 radical (unpaired) electrons. The number of carbonyl (C=O) groups excluding carboxylic acids is 1. The van der Waals surface area contributed by atoms with Crippen LogP contribution in [-0.4, -0.2) is 45.8 Å². The lowest BCUT2D eigenvalue weighted by Gasteiger charge is -2.39. The molecule has 2 heterocycles. The number of halogens is 3. The van der Waals surface area contributed by atoms with Crippen molar-refractivity contribution >= 4 is 16.7 Å². The molecule has 1 amide bonds. The zero-order valence-corrected chi connectivity index (χ0v) is 12.2. The molecule has 1 aliphatic heterocycles. The second-order valence-corrected chi connectivity index (χ2v) is 5.70. The largest absolute Gasteiger partial charge is 0.417 e. The highest BCUT2D eigenvalue weighted by Gasteiger charge is 2.55. The number of aliphatic hydroxyl groups is 1. The molecule has 1 N–H and O–H groups in total. The molecule has 0 bridgehead atoms. The van der Waals surface area contributed by atoms with E-state index in [0.29, 0.717) is 5.39 Å². The third-order valence-corrected chi connectivity index (χ3v) is 4.28. The van der Waals surface area contributed by atoms with Crippen LogP contribution in [0.15, 0.2) is 36.5 Å². The molecule has 1 aromatic heterocycles. The van der Waals surface area contributed by atoms with Crippen molar-refractivity contribution in [1.82, 2.24) is 9.88 Å². The Morgan fingerprint density at radius 2 is 1.83 bits per heavy atom. The Kier molecular flexibility index (Phi) is 3.75. The lowest BCUT2D eigenvalue weighted by molar-refractivity contribution is -0.271. The normalized spacial score (nSPS) is 18.2. The molecule has 1 fully saturated rings. The van der Waals surface area contributed by atoms with Gasteiger partial charge < -0.3 is 10.0 Å². The molecule has 1 saturated heterocycles. The second-order valence-electron chi connectivity index (χ2n) is 5.70. The van der Waals surface area contributed by atoms with Gasteiger partial charge in [0.15, 0.2) is 5.60 Å². The first-order valence-electron chi connectivity index (χ1n) is 7.24. The van der Waals surface area contributed by atoms with Crippen LogP contribution >= 0.6 is 0 Å². The summed E-state index contributed by atoms with van der Waals surface area (Å²) in [4.78, 5) is 18.0. The summed E-state index contributed by atoms with van der Waals surface area (Å²) in [6.07, 6.45) is -4.22. The van der Waals surface area contributed by atoms with Crippen LogP contribution in [0.1, 0.15) is 23.3 Å². The van der Waals surface area contributed by atoms with Gasteiger partial charge in [-0.3, -0.25) is 9.78 Å². The number of hydrogen-bond acceptors (Lipinski definition) is 3. The molecule has 7 heteroatoms. The van der Waals surface area contributed by atoms with Crippen molar-refractivity contribution in [3.05, 3.63) is 42.2 Å². The monoisotopic (exact) mass is 324 g/mol. The van der Waals surface area contributed by atoms with E-state index in [2.05, 4.69) is 4.98 Å². The number of aromatic nitrogens is 1. The van der Waals surface area contributed by atoms with Crippen LogP contribution in [0.3, 0.4) is 0 Å². The number of amides is 1. The van der Waals surface area contributed by atoms with Crippen LogP contribution in [0.2, 0.25) is 0 Å². The lowest BCUT2D eigenvalue weighted by atomic mass is 9.90. The molecule has 0 spiro atoms. The summed E-state index contributed by atoms with van der Waals surface area (Å²) in [5.41, 5.74) is -2.49. The molecule has 0 unspecified atom stereocenters. The lowest BCUT2D eigenvalue weighted by Crippen LogP contribution is -2.54. The number of rotatable bonds is 1. The van der Waals surface area contributed by atoms with Crippen LogP contribution in [0.5, 0.6) is 0 Å². The van der Waals surface area contributed by atoms with Gasteiger partial charge in [-0.2, -0.15) is 13.2 Å². The van der Waals surface area contributed by atoms with Crippen molar-refractivity contribution in [3.8, 4) is 0 Å². The zero-order valence-electron chi connectivity index (χ0n) is 12.2. The Bertz CT molecular complexity index is 732. The minimum Gasteiger partial charge on any atom is -0.380 e. The number of hydrogen-bond donors (Lipinski definition) is 1. The summed E-state index contributed by atoms with van der Waals surface area (Å²) in [5.74, 6) is -0.411. The van der Waals surface area contributed by atoms with Crippen LogP contribution < -0.4 is 0 Å². The standard InChI is InChI=1S/C16H15F3N2O2/c17-16(18,19)15(23)6-9-21(10-7-15)14(22)13-12-4-2-1-3-11(12)5-8-20-13/h1-5,8,23H,6-7,9-10H2. The highest BCUT2D eigenvalue weighted by atomic mass is 19.4. The third kappa shape index (κ3) is 2.76. The molecule has 0 saturated carbocycles. The summed E-state index contributed by atoms with van der Waals surface area (Å²) in [5, 5.41) is 11.2. The molecule has 122 valence electrons. The Morgan fingerprint density at radius 3 is 2.48 bits per heavy atom. The van der Waals surface area contributed by atoms with E-state index in [4.69, 9.17) is 0 Å². The Morgan fingerprint density at radius 1 is 1.17 bits per heavy atom. The molecular weight excluding hydrogens is 309 g/mol. The van der Waals surface area contributed by atoms with E-state index < -0.39 is 30.5 Å². The SMILES string of the molecule is O=C(c1nccc2ccccc12)N1CCC(O)(C(F)(F)F)CC1. The molecule has 0 atom stereocenters. The minimum atomic E-state index is -4.68. The second kappa shape index (κ2) is 5.49. The van der Waals surface area contributed by atoms with Gasteiger partial charge in [0.25, 0.3) is 5.91 Å². The number of piperidine rings is 1. The molecule has 2 aromatic rings. The number of likely N-dealkylation sites (tertiary alicyclic amines) is 1. The minimum absolute atomic E-state index is 0.153. The molecule has 23 heavy (non-hydrogen) atoms. The molecule has 0 aliphatic carbocycles. The Labute approximate surface area is 130 Å². The van der Waals surface area contributed by atoms with E-state index in [1.54, 1.807) is 18.2 Å². The van der Waals surface area contributed by atoms with E-state index in [-0.39, 0.29) is 18.8 Å². The molecular formula is C16H15F3N2O2. The van der Waals surface area contributed by atoms with Crippen LogP contribution in [0.4, 0.5) is 13.2 Å². The van der Waals surface area contributed by atoms with Crippen molar-refractivity contribution in [2.24, 2.45) is 0 Å². The van der Waals surface area contributed by atoms with Gasteiger partial charge >= 0.3 is 6.18 Å². The first-order valence-corrected chi connectivity index (χ1v) is 7.24. The average molecular weight is 324 g/mol. The summed E-state index contributed by atoms with van der Waals surface area (Å²) >= 11 is 0.